The highest BCUT2D eigenvalue weighted by Crippen LogP contribution is 2.22. The molecule has 0 aliphatic carbocycles. The molecule has 0 aromatic carbocycles. The predicted molar refractivity (Wildman–Crippen MR) is 63.5 cm³/mol. The highest BCUT2D eigenvalue weighted by Gasteiger charge is 2.27. The van der Waals surface area contributed by atoms with E-state index in [9.17, 15) is 4.79 Å². The maximum Gasteiger partial charge on any atom is 0.256 e. The maximum atomic E-state index is 12.3. The number of aromatic nitrogens is 1. The van der Waals surface area contributed by atoms with Crippen LogP contribution in [0.5, 0.6) is 0 Å². The summed E-state index contributed by atoms with van der Waals surface area (Å²) >= 11 is 0. The summed E-state index contributed by atoms with van der Waals surface area (Å²) in [5.74, 6) is 0.108. The summed E-state index contributed by atoms with van der Waals surface area (Å²) in [4.78, 5) is 18.2. The van der Waals surface area contributed by atoms with E-state index < -0.39 is 0 Å². The second kappa shape index (κ2) is 4.51. The minimum atomic E-state index is 0.108. The van der Waals surface area contributed by atoms with Gasteiger partial charge in [-0.25, -0.2) is 0 Å². The van der Waals surface area contributed by atoms with Crippen LogP contribution in [0.4, 0.5) is 5.69 Å². The first kappa shape index (κ1) is 10.9. The van der Waals surface area contributed by atoms with E-state index in [-0.39, 0.29) is 5.91 Å². The van der Waals surface area contributed by atoms with E-state index in [0.717, 1.165) is 25.1 Å². The molecule has 0 radical (unpaired) electrons. The Hall–Kier alpha value is -1.58. The smallest absolute Gasteiger partial charge is 0.256 e. The number of carbonyl (C=O) groups is 1. The molecule has 1 amide bonds. The highest BCUT2D eigenvalue weighted by atomic mass is 16.2. The summed E-state index contributed by atoms with van der Waals surface area (Å²) in [6, 6.07) is 2.13. The second-order valence-electron chi connectivity index (χ2n) is 4.16. The van der Waals surface area contributed by atoms with E-state index in [4.69, 9.17) is 0 Å². The van der Waals surface area contributed by atoms with Crippen molar-refractivity contribution in [2.24, 2.45) is 0 Å². The fourth-order valence-electron chi connectivity index (χ4n) is 2.17. The molecule has 16 heavy (non-hydrogen) atoms. The molecule has 0 saturated carbocycles. The molecule has 1 unspecified atom stereocenters. The average Bonchev–Trinajstić information content (AvgIpc) is 2.74. The van der Waals surface area contributed by atoms with Gasteiger partial charge in [-0.15, -0.1) is 0 Å². The molecule has 4 nitrogen and oxygen atoms in total. The van der Waals surface area contributed by atoms with E-state index in [2.05, 4.69) is 17.2 Å². The van der Waals surface area contributed by atoms with Crippen LogP contribution < -0.4 is 5.32 Å². The molecule has 1 aliphatic rings. The molecule has 1 atom stereocenters. The molecular weight excluding hydrogens is 202 g/mol. The molecule has 1 aromatic rings. The van der Waals surface area contributed by atoms with Crippen molar-refractivity contribution in [2.45, 2.75) is 25.8 Å². The van der Waals surface area contributed by atoms with Crippen LogP contribution in [0.1, 0.15) is 30.1 Å². The topological polar surface area (TPSA) is 45.2 Å². The molecular formula is C12H17N3O. The Labute approximate surface area is 95.7 Å². The minimum absolute atomic E-state index is 0.108. The quantitative estimate of drug-likeness (QED) is 0.824. The predicted octanol–water partition coefficient (Wildman–Crippen LogP) is 1.75. The SMILES string of the molecule is CNc1cnccc1C(=O)N1CCCC1C. The van der Waals surface area contributed by atoms with Crippen LogP contribution in [0.3, 0.4) is 0 Å². The fraction of sp³-hybridized carbons (Fsp3) is 0.500. The van der Waals surface area contributed by atoms with Crippen LogP contribution in [0.15, 0.2) is 18.5 Å². The molecule has 0 spiro atoms. The first-order chi connectivity index (χ1) is 7.74. The number of anilines is 1. The number of nitrogens with one attached hydrogen (secondary N) is 1. The van der Waals surface area contributed by atoms with Crippen molar-refractivity contribution in [2.75, 3.05) is 18.9 Å². The summed E-state index contributed by atoms with van der Waals surface area (Å²) in [5.41, 5.74) is 1.51. The standard InChI is InChI=1S/C12H17N3O/c1-9-4-3-7-15(9)12(16)10-5-6-14-8-11(10)13-2/h5-6,8-9,13H,3-4,7H2,1-2H3. The van der Waals surface area contributed by atoms with Gasteiger partial charge in [0.05, 0.1) is 17.4 Å². The van der Waals surface area contributed by atoms with Crippen LogP contribution in [0, 0.1) is 0 Å². The molecule has 2 rings (SSSR count). The van der Waals surface area contributed by atoms with Crippen molar-refractivity contribution in [3.05, 3.63) is 24.0 Å². The molecule has 1 N–H and O–H groups in total. The Kier molecular flexibility index (Phi) is 3.08. The number of nitrogens with zero attached hydrogens (tertiary/aromatic N) is 2. The molecule has 1 fully saturated rings. The van der Waals surface area contributed by atoms with Crippen molar-refractivity contribution in [3.8, 4) is 0 Å². The van der Waals surface area contributed by atoms with Crippen LogP contribution in [0.25, 0.3) is 0 Å². The van der Waals surface area contributed by atoms with Gasteiger partial charge in [0, 0.05) is 25.8 Å². The van der Waals surface area contributed by atoms with Gasteiger partial charge in [-0.3, -0.25) is 9.78 Å². The van der Waals surface area contributed by atoms with Gasteiger partial charge in [-0.1, -0.05) is 0 Å². The summed E-state index contributed by atoms with van der Waals surface area (Å²) < 4.78 is 0. The van der Waals surface area contributed by atoms with Gasteiger partial charge in [0.15, 0.2) is 0 Å². The van der Waals surface area contributed by atoms with Gasteiger partial charge in [-0.2, -0.15) is 0 Å². The molecule has 0 bridgehead atoms. The zero-order chi connectivity index (χ0) is 11.5. The number of hydrogen-bond donors (Lipinski definition) is 1. The minimum Gasteiger partial charge on any atom is -0.386 e. The van der Waals surface area contributed by atoms with Gasteiger partial charge in [-0.05, 0) is 25.8 Å². The van der Waals surface area contributed by atoms with Gasteiger partial charge >= 0.3 is 0 Å². The average molecular weight is 219 g/mol. The zero-order valence-corrected chi connectivity index (χ0v) is 9.73. The largest absolute Gasteiger partial charge is 0.386 e. The number of hydrogen-bond acceptors (Lipinski definition) is 3. The van der Waals surface area contributed by atoms with Crippen molar-refractivity contribution in [1.29, 1.82) is 0 Å². The lowest BCUT2D eigenvalue weighted by Crippen LogP contribution is -2.34. The van der Waals surface area contributed by atoms with Gasteiger partial charge < -0.3 is 10.2 Å². The molecule has 86 valence electrons. The van der Waals surface area contributed by atoms with Crippen LogP contribution in [-0.2, 0) is 0 Å². The molecule has 2 heterocycles. The summed E-state index contributed by atoms with van der Waals surface area (Å²) in [6.45, 7) is 2.97. The number of carbonyl (C=O) groups excluding carboxylic acids is 1. The third-order valence-corrected chi connectivity index (χ3v) is 3.13. The van der Waals surface area contributed by atoms with Crippen LogP contribution >= 0.6 is 0 Å². The van der Waals surface area contributed by atoms with Crippen molar-refractivity contribution in [3.63, 3.8) is 0 Å². The van der Waals surface area contributed by atoms with Crippen LogP contribution in [0.2, 0.25) is 0 Å². The van der Waals surface area contributed by atoms with E-state index in [1.54, 1.807) is 25.5 Å². The number of pyridine rings is 1. The molecule has 1 saturated heterocycles. The van der Waals surface area contributed by atoms with E-state index in [1.165, 1.54) is 0 Å². The zero-order valence-electron chi connectivity index (χ0n) is 9.73. The van der Waals surface area contributed by atoms with E-state index >= 15 is 0 Å². The Balaban J connectivity index is 2.26. The lowest BCUT2D eigenvalue weighted by molar-refractivity contribution is 0.0748. The fourth-order valence-corrected chi connectivity index (χ4v) is 2.17. The lowest BCUT2D eigenvalue weighted by atomic mass is 10.2. The molecule has 1 aromatic heterocycles. The Morgan fingerprint density at radius 3 is 3.06 bits per heavy atom. The number of rotatable bonds is 2. The monoisotopic (exact) mass is 219 g/mol. The molecule has 1 aliphatic heterocycles. The molecule has 4 heteroatoms. The van der Waals surface area contributed by atoms with E-state index in [1.807, 2.05) is 4.90 Å². The number of amides is 1. The van der Waals surface area contributed by atoms with Gasteiger partial charge in [0.1, 0.15) is 0 Å². The third-order valence-electron chi connectivity index (χ3n) is 3.13. The second-order valence-corrected chi connectivity index (χ2v) is 4.16. The first-order valence-electron chi connectivity index (χ1n) is 5.66. The van der Waals surface area contributed by atoms with Crippen molar-refractivity contribution in [1.82, 2.24) is 9.88 Å². The van der Waals surface area contributed by atoms with Crippen molar-refractivity contribution >= 4 is 11.6 Å². The van der Waals surface area contributed by atoms with Gasteiger partial charge in [0.25, 0.3) is 5.91 Å². The maximum absolute atomic E-state index is 12.3. The lowest BCUT2D eigenvalue weighted by Gasteiger charge is -2.22. The summed E-state index contributed by atoms with van der Waals surface area (Å²) in [5, 5.41) is 3.00. The third kappa shape index (κ3) is 1.87. The van der Waals surface area contributed by atoms with Crippen LogP contribution in [-0.4, -0.2) is 35.4 Å². The summed E-state index contributed by atoms with van der Waals surface area (Å²) in [7, 11) is 1.81. The van der Waals surface area contributed by atoms with Gasteiger partial charge in [0.2, 0.25) is 0 Å². The number of likely N-dealkylation sites (tertiary alicyclic amines) is 1. The Morgan fingerprint density at radius 1 is 1.62 bits per heavy atom. The normalized spacial score (nSPS) is 19.9. The van der Waals surface area contributed by atoms with Crippen molar-refractivity contribution < 1.29 is 4.79 Å². The highest BCUT2D eigenvalue weighted by molar-refractivity contribution is 5.99. The first-order valence-corrected chi connectivity index (χ1v) is 5.66. The Bertz CT molecular complexity index is 392. The van der Waals surface area contributed by atoms with E-state index in [0.29, 0.717) is 11.6 Å². The summed E-state index contributed by atoms with van der Waals surface area (Å²) in [6.07, 6.45) is 5.56. The Morgan fingerprint density at radius 2 is 2.44 bits per heavy atom.